The monoisotopic (exact) mass is 247 g/mol. The zero-order valence-electron chi connectivity index (χ0n) is 8.86. The molecule has 0 saturated heterocycles. The number of benzene rings is 1. The lowest BCUT2D eigenvalue weighted by Crippen LogP contribution is -2.17. The molecule has 17 heavy (non-hydrogen) atoms. The van der Waals surface area contributed by atoms with Crippen LogP contribution in [-0.2, 0) is 0 Å². The van der Waals surface area contributed by atoms with E-state index < -0.39 is 17.9 Å². The van der Waals surface area contributed by atoms with E-state index in [1.165, 1.54) is 0 Å². The van der Waals surface area contributed by atoms with E-state index in [0.717, 1.165) is 18.2 Å². The molecule has 1 rings (SSSR count). The molecule has 0 atom stereocenters. The van der Waals surface area contributed by atoms with Gasteiger partial charge in [0.25, 0.3) is 0 Å². The Hall–Kier alpha value is -1.74. The molecule has 0 aliphatic rings. The first-order valence-corrected chi connectivity index (χ1v) is 4.61. The van der Waals surface area contributed by atoms with Crippen LogP contribution in [0.2, 0.25) is 0 Å². The van der Waals surface area contributed by atoms with Gasteiger partial charge in [0.05, 0.1) is 12.1 Å². The minimum atomic E-state index is -4.80. The molecule has 1 aromatic rings. The van der Waals surface area contributed by atoms with Gasteiger partial charge in [0.1, 0.15) is 11.6 Å². The quantitative estimate of drug-likeness (QED) is 0.639. The van der Waals surface area contributed by atoms with Crippen molar-refractivity contribution in [1.82, 2.24) is 5.32 Å². The molecule has 0 amide bonds. The van der Waals surface area contributed by atoms with E-state index in [0.29, 0.717) is 6.54 Å². The lowest BCUT2D eigenvalue weighted by atomic mass is 10.2. The SMILES string of the molecule is CNCC#Cc1cc(OC(F)(F)F)ccc1F. The zero-order valence-corrected chi connectivity index (χ0v) is 8.86. The maximum atomic E-state index is 13.2. The highest BCUT2D eigenvalue weighted by atomic mass is 19.4. The number of alkyl halides is 3. The average Bonchev–Trinajstić information content (AvgIpc) is 2.21. The Bertz CT molecular complexity index is 445. The van der Waals surface area contributed by atoms with Gasteiger partial charge in [-0.1, -0.05) is 11.8 Å². The molecule has 0 unspecified atom stereocenters. The highest BCUT2D eigenvalue weighted by molar-refractivity contribution is 5.41. The Kier molecular flexibility index (Phi) is 4.35. The molecule has 0 spiro atoms. The van der Waals surface area contributed by atoms with E-state index in [4.69, 9.17) is 0 Å². The van der Waals surface area contributed by atoms with Crippen LogP contribution in [0.5, 0.6) is 5.75 Å². The highest BCUT2D eigenvalue weighted by Crippen LogP contribution is 2.24. The number of rotatable bonds is 2. The van der Waals surface area contributed by atoms with Crippen molar-refractivity contribution >= 4 is 0 Å². The molecule has 6 heteroatoms. The van der Waals surface area contributed by atoms with E-state index in [1.807, 2.05) is 0 Å². The minimum Gasteiger partial charge on any atom is -0.406 e. The number of ether oxygens (including phenoxy) is 1. The maximum absolute atomic E-state index is 13.2. The average molecular weight is 247 g/mol. The minimum absolute atomic E-state index is 0.137. The van der Waals surface area contributed by atoms with Gasteiger partial charge in [0, 0.05) is 0 Å². The molecular formula is C11H9F4NO. The Labute approximate surface area is 95.6 Å². The summed E-state index contributed by atoms with van der Waals surface area (Å²) in [4.78, 5) is 0. The smallest absolute Gasteiger partial charge is 0.406 e. The first kappa shape index (κ1) is 13.3. The van der Waals surface area contributed by atoms with Crippen molar-refractivity contribution in [1.29, 1.82) is 0 Å². The third-order valence-electron chi connectivity index (χ3n) is 1.66. The molecule has 0 aliphatic carbocycles. The fraction of sp³-hybridized carbons (Fsp3) is 0.273. The van der Waals surface area contributed by atoms with Crippen molar-refractivity contribution in [3.8, 4) is 17.6 Å². The predicted molar refractivity (Wildman–Crippen MR) is 53.9 cm³/mol. The summed E-state index contributed by atoms with van der Waals surface area (Å²) in [6.45, 7) is 0.309. The molecule has 0 heterocycles. The molecule has 2 nitrogen and oxygen atoms in total. The van der Waals surface area contributed by atoms with Crippen LogP contribution in [0.4, 0.5) is 17.6 Å². The van der Waals surface area contributed by atoms with Crippen LogP contribution in [-0.4, -0.2) is 20.0 Å². The molecular weight excluding hydrogens is 238 g/mol. The largest absolute Gasteiger partial charge is 0.573 e. The number of halogens is 4. The van der Waals surface area contributed by atoms with Crippen LogP contribution >= 0.6 is 0 Å². The lowest BCUT2D eigenvalue weighted by molar-refractivity contribution is -0.274. The van der Waals surface area contributed by atoms with Crippen LogP contribution in [0.3, 0.4) is 0 Å². The van der Waals surface area contributed by atoms with E-state index in [2.05, 4.69) is 21.9 Å². The molecule has 92 valence electrons. The maximum Gasteiger partial charge on any atom is 0.573 e. The molecule has 0 radical (unpaired) electrons. The third kappa shape index (κ3) is 4.74. The lowest BCUT2D eigenvalue weighted by Gasteiger charge is -2.08. The van der Waals surface area contributed by atoms with E-state index in [1.54, 1.807) is 7.05 Å². The summed E-state index contributed by atoms with van der Waals surface area (Å²) >= 11 is 0. The van der Waals surface area contributed by atoms with Gasteiger partial charge >= 0.3 is 6.36 Å². The summed E-state index contributed by atoms with van der Waals surface area (Å²) in [5, 5.41) is 2.70. The number of hydrogen-bond acceptors (Lipinski definition) is 2. The Balaban J connectivity index is 2.92. The molecule has 0 aliphatic heterocycles. The van der Waals surface area contributed by atoms with Gasteiger partial charge in [-0.2, -0.15) is 0 Å². The molecule has 0 bridgehead atoms. The van der Waals surface area contributed by atoms with Gasteiger partial charge < -0.3 is 10.1 Å². The summed E-state index contributed by atoms with van der Waals surface area (Å²) in [5.74, 6) is 3.77. The summed E-state index contributed by atoms with van der Waals surface area (Å²) in [6, 6.07) is 2.68. The predicted octanol–water partition coefficient (Wildman–Crippen LogP) is 2.30. The van der Waals surface area contributed by atoms with Crippen LogP contribution < -0.4 is 10.1 Å². The zero-order chi connectivity index (χ0) is 12.9. The van der Waals surface area contributed by atoms with Gasteiger partial charge in [-0.15, -0.1) is 13.2 Å². The second kappa shape index (κ2) is 5.55. The third-order valence-corrected chi connectivity index (χ3v) is 1.66. The van der Waals surface area contributed by atoms with Gasteiger partial charge in [-0.3, -0.25) is 0 Å². The summed E-state index contributed by atoms with van der Waals surface area (Å²) < 4.78 is 52.6. The van der Waals surface area contributed by atoms with Crippen LogP contribution in [0.1, 0.15) is 5.56 Å². The van der Waals surface area contributed by atoms with Crippen LogP contribution in [0.15, 0.2) is 18.2 Å². The molecule has 1 N–H and O–H groups in total. The fourth-order valence-corrected chi connectivity index (χ4v) is 1.03. The van der Waals surface area contributed by atoms with Gasteiger partial charge in [0.15, 0.2) is 0 Å². The summed E-state index contributed by atoms with van der Waals surface area (Å²) in [5.41, 5.74) is -0.137. The van der Waals surface area contributed by atoms with Crippen LogP contribution in [0, 0.1) is 17.7 Å². The van der Waals surface area contributed by atoms with Crippen molar-refractivity contribution in [2.24, 2.45) is 0 Å². The Morgan fingerprint density at radius 1 is 1.35 bits per heavy atom. The topological polar surface area (TPSA) is 21.3 Å². The summed E-state index contributed by atoms with van der Waals surface area (Å²) in [7, 11) is 1.65. The molecule has 0 fully saturated rings. The Morgan fingerprint density at radius 2 is 2.06 bits per heavy atom. The van der Waals surface area contributed by atoms with Crippen molar-refractivity contribution < 1.29 is 22.3 Å². The highest BCUT2D eigenvalue weighted by Gasteiger charge is 2.31. The number of hydrogen-bond donors (Lipinski definition) is 1. The van der Waals surface area contributed by atoms with E-state index >= 15 is 0 Å². The second-order valence-electron chi connectivity index (χ2n) is 3.02. The Morgan fingerprint density at radius 3 is 2.65 bits per heavy atom. The van der Waals surface area contributed by atoms with E-state index in [9.17, 15) is 17.6 Å². The van der Waals surface area contributed by atoms with Crippen molar-refractivity contribution in [2.75, 3.05) is 13.6 Å². The molecule has 0 saturated carbocycles. The van der Waals surface area contributed by atoms with Crippen molar-refractivity contribution in [2.45, 2.75) is 6.36 Å². The normalized spacial score (nSPS) is 10.6. The van der Waals surface area contributed by atoms with Crippen molar-refractivity contribution in [3.05, 3.63) is 29.6 Å². The number of nitrogens with one attached hydrogen (secondary N) is 1. The van der Waals surface area contributed by atoms with Crippen LogP contribution in [0.25, 0.3) is 0 Å². The first-order chi connectivity index (χ1) is 7.92. The first-order valence-electron chi connectivity index (χ1n) is 4.61. The van der Waals surface area contributed by atoms with Gasteiger partial charge in [0.2, 0.25) is 0 Å². The molecule has 1 aromatic carbocycles. The fourth-order valence-electron chi connectivity index (χ4n) is 1.03. The summed E-state index contributed by atoms with van der Waals surface area (Å²) in [6.07, 6.45) is -4.80. The van der Waals surface area contributed by atoms with Gasteiger partial charge in [-0.25, -0.2) is 4.39 Å². The van der Waals surface area contributed by atoms with Gasteiger partial charge in [-0.05, 0) is 25.2 Å². The standard InChI is InChI=1S/C11H9F4NO/c1-16-6-2-3-8-7-9(4-5-10(8)12)17-11(13,14)15/h4-5,7,16H,6H2,1H3. The second-order valence-corrected chi connectivity index (χ2v) is 3.02. The van der Waals surface area contributed by atoms with Crippen molar-refractivity contribution in [3.63, 3.8) is 0 Å². The van der Waals surface area contributed by atoms with E-state index in [-0.39, 0.29) is 5.56 Å². The molecule has 0 aromatic heterocycles.